The van der Waals surface area contributed by atoms with Gasteiger partial charge in [0.25, 0.3) is 0 Å². The van der Waals surface area contributed by atoms with Gasteiger partial charge in [0.1, 0.15) is 36.2 Å². The summed E-state index contributed by atoms with van der Waals surface area (Å²) in [7, 11) is 2.65. The minimum Gasteiger partial charge on any atom is -0.490 e. The first-order valence-electron chi connectivity index (χ1n) is 12.7. The summed E-state index contributed by atoms with van der Waals surface area (Å²) >= 11 is 0. The standard InChI is InChI=1S/C32H34O8/c1-23-19-27(13-15-29(23)39-21-31(33)35-3)37-17-5-7-25-9-11-26(12-10-25)8-6-18-38-28-14-16-30(24(2)20-28)40-22-32(34)36-4/h5-16,19-20H,17-18,21-22H2,1-4H3/b7-5+,8-6+. The first-order chi connectivity index (χ1) is 19.4. The lowest BCUT2D eigenvalue weighted by Crippen LogP contribution is -2.13. The molecule has 0 spiro atoms. The quantitative estimate of drug-likeness (QED) is 0.242. The lowest BCUT2D eigenvalue weighted by atomic mass is 10.1. The van der Waals surface area contributed by atoms with Crippen LogP contribution in [0.1, 0.15) is 22.3 Å². The van der Waals surface area contributed by atoms with Gasteiger partial charge >= 0.3 is 11.9 Å². The van der Waals surface area contributed by atoms with E-state index in [1.54, 1.807) is 24.3 Å². The van der Waals surface area contributed by atoms with Crippen molar-refractivity contribution in [3.63, 3.8) is 0 Å². The van der Waals surface area contributed by atoms with E-state index in [1.165, 1.54) is 14.2 Å². The SMILES string of the molecule is COC(=O)COc1ccc(OC/C=C/c2ccc(/C=C/COc3ccc(OCC(=O)OC)c(C)c3)cc2)cc1C. The number of methoxy groups -OCH3 is 2. The zero-order valence-corrected chi connectivity index (χ0v) is 23.2. The third kappa shape index (κ3) is 9.87. The normalized spacial score (nSPS) is 10.9. The van der Waals surface area contributed by atoms with E-state index >= 15 is 0 Å². The molecule has 3 rings (SSSR count). The number of esters is 2. The molecule has 0 bridgehead atoms. The summed E-state index contributed by atoms with van der Waals surface area (Å²) in [6.07, 6.45) is 7.89. The van der Waals surface area contributed by atoms with Crippen molar-refractivity contribution in [2.75, 3.05) is 40.6 Å². The van der Waals surface area contributed by atoms with Gasteiger partial charge in [-0.15, -0.1) is 0 Å². The Morgan fingerprint density at radius 3 is 1.35 bits per heavy atom. The molecule has 3 aromatic carbocycles. The summed E-state index contributed by atoms with van der Waals surface area (Å²) in [6, 6.07) is 19.0. The highest BCUT2D eigenvalue weighted by atomic mass is 16.6. The molecule has 8 heteroatoms. The molecular formula is C32H34O8. The highest BCUT2D eigenvalue weighted by molar-refractivity contribution is 5.71. The number of carbonyl (C=O) groups excluding carboxylic acids is 2. The Balaban J connectivity index is 1.40. The van der Waals surface area contributed by atoms with Crippen LogP contribution in [0.3, 0.4) is 0 Å². The van der Waals surface area contributed by atoms with E-state index in [4.69, 9.17) is 18.9 Å². The van der Waals surface area contributed by atoms with Gasteiger partial charge in [0, 0.05) is 0 Å². The van der Waals surface area contributed by atoms with Crippen molar-refractivity contribution in [1.29, 1.82) is 0 Å². The van der Waals surface area contributed by atoms with Crippen LogP contribution in [-0.4, -0.2) is 52.6 Å². The van der Waals surface area contributed by atoms with E-state index < -0.39 is 11.9 Å². The molecule has 40 heavy (non-hydrogen) atoms. The molecule has 0 fully saturated rings. The van der Waals surface area contributed by atoms with Crippen LogP contribution in [0, 0.1) is 13.8 Å². The second kappa shape index (κ2) is 15.6. The summed E-state index contributed by atoms with van der Waals surface area (Å²) < 4.78 is 31.6. The van der Waals surface area contributed by atoms with E-state index in [2.05, 4.69) is 9.47 Å². The minimum atomic E-state index is -0.428. The van der Waals surface area contributed by atoms with E-state index in [1.807, 2.05) is 74.5 Å². The molecule has 0 saturated heterocycles. The monoisotopic (exact) mass is 546 g/mol. The minimum absolute atomic E-state index is 0.130. The van der Waals surface area contributed by atoms with Crippen molar-refractivity contribution in [2.24, 2.45) is 0 Å². The third-order valence-corrected chi connectivity index (χ3v) is 5.69. The van der Waals surface area contributed by atoms with Crippen molar-refractivity contribution in [1.82, 2.24) is 0 Å². The zero-order valence-electron chi connectivity index (χ0n) is 23.2. The predicted molar refractivity (Wildman–Crippen MR) is 153 cm³/mol. The number of aryl methyl sites for hydroxylation is 2. The van der Waals surface area contributed by atoms with Gasteiger partial charge in [-0.25, -0.2) is 9.59 Å². The molecule has 0 aliphatic carbocycles. The Morgan fingerprint density at radius 1 is 0.600 bits per heavy atom. The van der Waals surface area contributed by atoms with Crippen molar-refractivity contribution >= 4 is 24.1 Å². The van der Waals surface area contributed by atoms with Crippen LogP contribution in [-0.2, 0) is 19.1 Å². The molecule has 0 atom stereocenters. The average Bonchev–Trinajstić information content (AvgIpc) is 2.96. The summed E-state index contributed by atoms with van der Waals surface area (Å²) in [5.74, 6) is 1.80. The Kier molecular flexibility index (Phi) is 11.7. The molecule has 8 nitrogen and oxygen atoms in total. The van der Waals surface area contributed by atoms with Crippen LogP contribution in [0.2, 0.25) is 0 Å². The second-order valence-electron chi connectivity index (χ2n) is 8.68. The predicted octanol–water partition coefficient (Wildman–Crippen LogP) is 5.59. The van der Waals surface area contributed by atoms with Crippen molar-refractivity contribution in [3.8, 4) is 23.0 Å². The molecule has 0 unspecified atom stereocenters. The molecule has 210 valence electrons. The van der Waals surface area contributed by atoms with E-state index in [0.29, 0.717) is 36.2 Å². The van der Waals surface area contributed by atoms with Crippen LogP contribution in [0.5, 0.6) is 23.0 Å². The third-order valence-electron chi connectivity index (χ3n) is 5.69. The Morgan fingerprint density at radius 2 is 1.00 bits per heavy atom. The lowest BCUT2D eigenvalue weighted by molar-refractivity contribution is -0.143. The van der Waals surface area contributed by atoms with Crippen LogP contribution in [0.4, 0.5) is 0 Å². The van der Waals surface area contributed by atoms with Gasteiger partial charge in [-0.2, -0.15) is 0 Å². The maximum Gasteiger partial charge on any atom is 0.343 e. The molecular weight excluding hydrogens is 512 g/mol. The largest absolute Gasteiger partial charge is 0.490 e. The summed E-state index contributed by atoms with van der Waals surface area (Å²) in [5.41, 5.74) is 3.86. The fraction of sp³-hybridized carbons (Fsp3) is 0.250. The molecule has 0 aliphatic heterocycles. The van der Waals surface area contributed by atoms with Crippen LogP contribution >= 0.6 is 0 Å². The number of hydrogen-bond acceptors (Lipinski definition) is 8. The Bertz CT molecular complexity index is 1220. The number of carbonyl (C=O) groups is 2. The van der Waals surface area contributed by atoms with Gasteiger partial charge in [0.05, 0.1) is 14.2 Å². The van der Waals surface area contributed by atoms with Gasteiger partial charge in [0.2, 0.25) is 0 Å². The summed E-state index contributed by atoms with van der Waals surface area (Å²) in [4.78, 5) is 22.5. The van der Waals surface area contributed by atoms with Crippen LogP contribution in [0.15, 0.2) is 72.8 Å². The van der Waals surface area contributed by atoms with E-state index in [0.717, 1.165) is 22.3 Å². The van der Waals surface area contributed by atoms with E-state index in [-0.39, 0.29) is 13.2 Å². The lowest BCUT2D eigenvalue weighted by Gasteiger charge is -2.10. The Labute approximate surface area is 234 Å². The smallest absolute Gasteiger partial charge is 0.343 e. The maximum atomic E-state index is 11.2. The topological polar surface area (TPSA) is 89.5 Å². The second-order valence-corrected chi connectivity index (χ2v) is 8.68. The van der Waals surface area contributed by atoms with E-state index in [9.17, 15) is 9.59 Å². The summed E-state index contributed by atoms with van der Waals surface area (Å²) in [6.45, 7) is 4.35. The molecule has 0 heterocycles. The molecule has 0 aromatic heterocycles. The van der Waals surface area contributed by atoms with Crippen molar-refractivity contribution in [3.05, 3.63) is 95.1 Å². The van der Waals surface area contributed by atoms with Gasteiger partial charge in [0.15, 0.2) is 13.2 Å². The Hall–Kier alpha value is -4.72. The molecule has 0 N–H and O–H groups in total. The van der Waals surface area contributed by atoms with Crippen molar-refractivity contribution in [2.45, 2.75) is 13.8 Å². The molecule has 0 saturated carbocycles. The van der Waals surface area contributed by atoms with Gasteiger partial charge in [-0.1, -0.05) is 36.4 Å². The van der Waals surface area contributed by atoms with Crippen molar-refractivity contribution < 1.29 is 38.0 Å². The fourth-order valence-electron chi connectivity index (χ4n) is 3.51. The fourth-order valence-corrected chi connectivity index (χ4v) is 3.51. The number of benzene rings is 3. The van der Waals surface area contributed by atoms with Crippen LogP contribution < -0.4 is 18.9 Å². The molecule has 0 amide bonds. The van der Waals surface area contributed by atoms with Gasteiger partial charge in [-0.3, -0.25) is 0 Å². The molecule has 3 aromatic rings. The number of ether oxygens (including phenoxy) is 6. The molecule has 0 radical (unpaired) electrons. The highest BCUT2D eigenvalue weighted by Gasteiger charge is 2.07. The number of hydrogen-bond donors (Lipinski definition) is 0. The van der Waals surface area contributed by atoms with Gasteiger partial charge in [-0.05, 0) is 84.7 Å². The summed E-state index contributed by atoms with van der Waals surface area (Å²) in [5, 5.41) is 0. The highest BCUT2D eigenvalue weighted by Crippen LogP contribution is 2.24. The number of rotatable bonds is 14. The zero-order chi connectivity index (χ0) is 28.7. The average molecular weight is 547 g/mol. The maximum absolute atomic E-state index is 11.2. The van der Waals surface area contributed by atoms with Crippen LogP contribution in [0.25, 0.3) is 12.2 Å². The first-order valence-corrected chi connectivity index (χ1v) is 12.7. The van der Waals surface area contributed by atoms with Gasteiger partial charge < -0.3 is 28.4 Å². The molecule has 0 aliphatic rings. The first kappa shape index (κ1) is 29.8.